The lowest BCUT2D eigenvalue weighted by atomic mass is 10.7. The fourth-order valence-corrected chi connectivity index (χ4v) is 0.606. The zero-order valence-electron chi connectivity index (χ0n) is 11.3. The van der Waals surface area contributed by atoms with Crippen LogP contribution in [0.3, 0.4) is 0 Å². The Balaban J connectivity index is 0. The third-order valence-corrected chi connectivity index (χ3v) is 1.59. The maximum Gasteiger partial charge on any atom is 0.216 e. The first-order chi connectivity index (χ1) is 8.18. The normalized spacial score (nSPS) is 9.41. The van der Waals surface area contributed by atoms with Crippen LogP contribution in [0.5, 0.6) is 0 Å². The van der Waals surface area contributed by atoms with Gasteiger partial charge in [-0.1, -0.05) is 0 Å². The topological polar surface area (TPSA) is 66.0 Å². The lowest BCUT2D eigenvalue weighted by molar-refractivity contribution is -0.118. The molecule has 0 aromatic heterocycles. The smallest absolute Gasteiger partial charge is 0.216 e. The fourth-order valence-electron chi connectivity index (χ4n) is 0.606. The van der Waals surface area contributed by atoms with Gasteiger partial charge in [-0.25, -0.2) is 0 Å². The first-order valence-corrected chi connectivity index (χ1v) is 5.50. The van der Waals surface area contributed by atoms with E-state index in [2.05, 4.69) is 5.32 Å². The lowest BCUT2D eigenvalue weighted by Gasteiger charge is -2.04. The van der Waals surface area contributed by atoms with Crippen LogP contribution in [0.15, 0.2) is 0 Å². The number of hydrogen-bond donors (Lipinski definition) is 1. The molecule has 0 radical (unpaired) electrons. The second-order valence-corrected chi connectivity index (χ2v) is 3.02. The minimum atomic E-state index is 0.00463. The van der Waals surface area contributed by atoms with Crippen molar-refractivity contribution in [3.63, 3.8) is 0 Å². The van der Waals surface area contributed by atoms with Gasteiger partial charge in [-0.15, -0.1) is 0 Å². The molecular formula is C11H25NO5. The Morgan fingerprint density at radius 2 is 1.18 bits per heavy atom. The number of rotatable bonds is 9. The van der Waals surface area contributed by atoms with E-state index in [4.69, 9.17) is 18.9 Å². The zero-order valence-corrected chi connectivity index (χ0v) is 11.3. The van der Waals surface area contributed by atoms with Crippen LogP contribution in [0, 0.1) is 0 Å². The number of hydrogen-bond acceptors (Lipinski definition) is 5. The molecule has 0 heterocycles. The van der Waals surface area contributed by atoms with Gasteiger partial charge in [0.05, 0.1) is 39.6 Å². The highest BCUT2D eigenvalue weighted by atomic mass is 16.5. The molecule has 0 spiro atoms. The van der Waals surface area contributed by atoms with Crippen LogP contribution in [-0.4, -0.2) is 66.8 Å². The summed E-state index contributed by atoms with van der Waals surface area (Å²) in [6, 6.07) is 0. The first-order valence-electron chi connectivity index (χ1n) is 5.50. The maximum atomic E-state index is 9.70. The minimum Gasteiger partial charge on any atom is -0.382 e. The number of carbonyl (C=O) groups is 1. The summed E-state index contributed by atoms with van der Waals surface area (Å²) in [5.41, 5.74) is 0. The standard InChI is InChI=1S/C8H18O4.C3H7NO/c1-9-3-5-11-7-8-12-6-4-10-2;1-3(5)4-2/h3-8H2,1-2H3;1-2H3,(H,4,5). The highest BCUT2D eigenvalue weighted by Crippen LogP contribution is 1.79. The number of carbonyl (C=O) groups excluding carboxylic acids is 1. The molecule has 0 aliphatic heterocycles. The van der Waals surface area contributed by atoms with Gasteiger partial charge in [0.1, 0.15) is 0 Å². The van der Waals surface area contributed by atoms with Gasteiger partial charge in [-0.3, -0.25) is 4.79 Å². The minimum absolute atomic E-state index is 0.00463. The van der Waals surface area contributed by atoms with E-state index in [0.717, 1.165) is 0 Å². The van der Waals surface area contributed by atoms with Crippen LogP contribution in [0.1, 0.15) is 6.92 Å². The Morgan fingerprint density at radius 1 is 0.882 bits per heavy atom. The second-order valence-electron chi connectivity index (χ2n) is 3.02. The van der Waals surface area contributed by atoms with Crippen molar-refractivity contribution in [3.8, 4) is 0 Å². The monoisotopic (exact) mass is 251 g/mol. The Morgan fingerprint density at radius 3 is 1.41 bits per heavy atom. The van der Waals surface area contributed by atoms with Crippen LogP contribution < -0.4 is 5.32 Å². The Kier molecular flexibility index (Phi) is 19.4. The van der Waals surface area contributed by atoms with Gasteiger partial charge in [0.15, 0.2) is 0 Å². The third-order valence-electron chi connectivity index (χ3n) is 1.59. The number of nitrogens with one attached hydrogen (secondary N) is 1. The molecule has 0 saturated carbocycles. The van der Waals surface area contributed by atoms with E-state index in [-0.39, 0.29) is 5.91 Å². The molecule has 0 unspecified atom stereocenters. The molecule has 17 heavy (non-hydrogen) atoms. The highest BCUT2D eigenvalue weighted by molar-refractivity contribution is 5.72. The van der Waals surface area contributed by atoms with Crippen LogP contribution in [0.2, 0.25) is 0 Å². The molecule has 0 rings (SSSR count). The lowest BCUT2D eigenvalue weighted by Crippen LogP contribution is -2.11. The van der Waals surface area contributed by atoms with Gasteiger partial charge in [0.25, 0.3) is 0 Å². The highest BCUT2D eigenvalue weighted by Gasteiger charge is 1.88. The molecule has 0 bridgehead atoms. The Bertz CT molecular complexity index is 145. The summed E-state index contributed by atoms with van der Waals surface area (Å²) in [5.74, 6) is 0.00463. The molecular weight excluding hydrogens is 226 g/mol. The molecule has 0 aliphatic carbocycles. The third kappa shape index (κ3) is 25.5. The number of methoxy groups -OCH3 is 2. The van der Waals surface area contributed by atoms with E-state index in [1.165, 1.54) is 6.92 Å². The van der Waals surface area contributed by atoms with Crippen LogP contribution in [-0.2, 0) is 23.7 Å². The molecule has 0 aromatic rings. The molecule has 104 valence electrons. The number of ether oxygens (including phenoxy) is 4. The second kappa shape index (κ2) is 17.7. The van der Waals surface area contributed by atoms with Gasteiger partial charge in [0.2, 0.25) is 5.91 Å². The van der Waals surface area contributed by atoms with Gasteiger partial charge in [-0.05, 0) is 0 Å². The zero-order chi connectivity index (χ0) is 13.4. The molecule has 1 amide bonds. The van der Waals surface area contributed by atoms with Crippen molar-refractivity contribution in [2.45, 2.75) is 6.92 Å². The number of amides is 1. The molecule has 0 atom stereocenters. The van der Waals surface area contributed by atoms with Crippen molar-refractivity contribution in [2.75, 3.05) is 60.9 Å². The predicted molar refractivity (Wildman–Crippen MR) is 65.1 cm³/mol. The van der Waals surface area contributed by atoms with Crippen LogP contribution >= 0.6 is 0 Å². The first kappa shape index (κ1) is 18.7. The average molecular weight is 251 g/mol. The van der Waals surface area contributed by atoms with Crippen molar-refractivity contribution in [1.82, 2.24) is 5.32 Å². The summed E-state index contributed by atoms with van der Waals surface area (Å²) in [6.45, 7) is 5.24. The molecule has 1 N–H and O–H groups in total. The quantitative estimate of drug-likeness (QED) is 0.587. The van der Waals surface area contributed by atoms with Gasteiger partial charge >= 0.3 is 0 Å². The molecule has 6 heteroatoms. The van der Waals surface area contributed by atoms with Gasteiger partial charge in [-0.2, -0.15) is 0 Å². The fraction of sp³-hybridized carbons (Fsp3) is 0.909. The van der Waals surface area contributed by atoms with E-state index in [9.17, 15) is 4.79 Å². The predicted octanol–water partition coefficient (Wildman–Crippen LogP) is 0.0647. The Labute approximate surface area is 104 Å². The van der Waals surface area contributed by atoms with E-state index < -0.39 is 0 Å². The summed E-state index contributed by atoms with van der Waals surface area (Å²) in [7, 11) is 4.90. The van der Waals surface area contributed by atoms with Gasteiger partial charge in [0, 0.05) is 28.2 Å². The largest absolute Gasteiger partial charge is 0.382 e. The van der Waals surface area contributed by atoms with Gasteiger partial charge < -0.3 is 24.3 Å². The molecule has 0 fully saturated rings. The van der Waals surface area contributed by atoms with Crippen molar-refractivity contribution in [1.29, 1.82) is 0 Å². The summed E-state index contributed by atoms with van der Waals surface area (Å²) in [4.78, 5) is 9.70. The van der Waals surface area contributed by atoms with E-state index in [1.54, 1.807) is 21.3 Å². The van der Waals surface area contributed by atoms with Crippen LogP contribution in [0.4, 0.5) is 0 Å². The van der Waals surface area contributed by atoms with Crippen molar-refractivity contribution in [2.24, 2.45) is 0 Å². The molecule has 6 nitrogen and oxygen atoms in total. The van der Waals surface area contributed by atoms with Crippen molar-refractivity contribution in [3.05, 3.63) is 0 Å². The molecule has 0 aliphatic rings. The van der Waals surface area contributed by atoms with Crippen molar-refractivity contribution >= 4 is 5.91 Å². The molecule has 0 saturated heterocycles. The van der Waals surface area contributed by atoms with E-state index in [0.29, 0.717) is 39.6 Å². The maximum absolute atomic E-state index is 9.70. The average Bonchev–Trinajstić information content (AvgIpc) is 2.33. The molecule has 0 aromatic carbocycles. The summed E-state index contributed by atoms with van der Waals surface area (Å²) in [6.07, 6.45) is 0. The summed E-state index contributed by atoms with van der Waals surface area (Å²) in [5, 5.41) is 2.39. The SMILES string of the molecule is CNC(C)=O.COCCOCCOCCOC. The summed E-state index contributed by atoms with van der Waals surface area (Å²) >= 11 is 0. The Hall–Kier alpha value is -0.690. The van der Waals surface area contributed by atoms with Crippen LogP contribution in [0.25, 0.3) is 0 Å². The van der Waals surface area contributed by atoms with E-state index in [1.807, 2.05) is 0 Å². The van der Waals surface area contributed by atoms with E-state index >= 15 is 0 Å². The van der Waals surface area contributed by atoms with Crippen molar-refractivity contribution < 1.29 is 23.7 Å². The summed E-state index contributed by atoms with van der Waals surface area (Å²) < 4.78 is 19.9.